The third kappa shape index (κ3) is 3.60. The van der Waals surface area contributed by atoms with Gasteiger partial charge in [-0.15, -0.1) is 11.3 Å². The number of nitrogens with one attached hydrogen (secondary N) is 1. The minimum absolute atomic E-state index is 0.0500. The molecule has 0 radical (unpaired) electrons. The van der Waals surface area contributed by atoms with Gasteiger partial charge in [0.15, 0.2) is 6.61 Å². The number of carbonyl (C=O) groups is 1. The lowest BCUT2D eigenvalue weighted by Crippen LogP contribution is -2.28. The molecule has 0 aliphatic rings. The molecule has 94 valence electrons. The Morgan fingerprint density at radius 3 is 2.72 bits per heavy atom. The summed E-state index contributed by atoms with van der Waals surface area (Å²) in [5.41, 5.74) is 1.21. The summed E-state index contributed by atoms with van der Waals surface area (Å²) < 4.78 is 5.36. The second-order valence-corrected chi connectivity index (χ2v) is 4.91. The number of amides is 1. The van der Waals surface area contributed by atoms with Gasteiger partial charge in [-0.3, -0.25) is 4.79 Å². The first-order chi connectivity index (χ1) is 8.75. The van der Waals surface area contributed by atoms with E-state index >= 15 is 0 Å². The molecular weight excluding hydrogens is 246 g/mol. The Morgan fingerprint density at radius 2 is 2.06 bits per heavy atom. The van der Waals surface area contributed by atoms with Gasteiger partial charge in [0.25, 0.3) is 5.91 Å². The van der Waals surface area contributed by atoms with Crippen LogP contribution in [0.5, 0.6) is 5.75 Å². The highest BCUT2D eigenvalue weighted by Gasteiger charge is 2.04. The van der Waals surface area contributed by atoms with E-state index in [9.17, 15) is 4.79 Å². The Morgan fingerprint density at radius 1 is 1.28 bits per heavy atom. The number of hydrogen-bond acceptors (Lipinski definition) is 3. The maximum absolute atomic E-state index is 11.6. The lowest BCUT2D eigenvalue weighted by Gasteiger charge is -2.07. The fraction of sp³-hybridized carbons (Fsp3) is 0.214. The summed E-state index contributed by atoms with van der Waals surface area (Å²) in [6.07, 6.45) is 0. The Balaban J connectivity index is 1.75. The van der Waals surface area contributed by atoms with Crippen LogP contribution in [0.2, 0.25) is 0 Å². The molecular formula is C14H15NO2S. The van der Waals surface area contributed by atoms with E-state index in [-0.39, 0.29) is 12.5 Å². The molecule has 1 amide bonds. The van der Waals surface area contributed by atoms with Crippen molar-refractivity contribution in [2.45, 2.75) is 13.5 Å². The van der Waals surface area contributed by atoms with Gasteiger partial charge in [0, 0.05) is 4.88 Å². The van der Waals surface area contributed by atoms with Crippen LogP contribution in [-0.2, 0) is 11.3 Å². The molecule has 0 aliphatic heterocycles. The van der Waals surface area contributed by atoms with Gasteiger partial charge < -0.3 is 10.1 Å². The molecule has 0 unspecified atom stereocenters. The number of ether oxygens (including phenoxy) is 1. The van der Waals surface area contributed by atoms with Gasteiger partial charge in [0.05, 0.1) is 6.54 Å². The van der Waals surface area contributed by atoms with Crippen LogP contribution in [-0.4, -0.2) is 12.5 Å². The molecule has 1 heterocycles. The minimum Gasteiger partial charge on any atom is -0.484 e. The van der Waals surface area contributed by atoms with E-state index in [1.54, 1.807) is 11.3 Å². The van der Waals surface area contributed by atoms with Gasteiger partial charge in [0.1, 0.15) is 5.75 Å². The largest absolute Gasteiger partial charge is 0.484 e. The fourth-order valence-corrected chi connectivity index (χ4v) is 2.33. The molecule has 0 atom stereocenters. The summed E-state index contributed by atoms with van der Waals surface area (Å²) >= 11 is 1.65. The van der Waals surface area contributed by atoms with Gasteiger partial charge in [-0.2, -0.15) is 0 Å². The molecule has 0 spiro atoms. The highest BCUT2D eigenvalue weighted by atomic mass is 32.1. The predicted molar refractivity (Wildman–Crippen MR) is 72.8 cm³/mol. The zero-order chi connectivity index (χ0) is 12.8. The van der Waals surface area contributed by atoms with E-state index in [2.05, 4.69) is 5.32 Å². The Labute approximate surface area is 110 Å². The van der Waals surface area contributed by atoms with Crippen LogP contribution >= 0.6 is 11.3 Å². The summed E-state index contributed by atoms with van der Waals surface area (Å²) in [6, 6.07) is 11.4. The summed E-state index contributed by atoms with van der Waals surface area (Å²) in [5, 5.41) is 4.87. The van der Waals surface area contributed by atoms with E-state index in [1.165, 1.54) is 10.4 Å². The standard InChI is InChI=1S/C14H15NO2S/c1-11-7-8-18-13(11)9-15-14(16)10-17-12-5-3-2-4-6-12/h2-8H,9-10H2,1H3,(H,15,16). The molecule has 2 rings (SSSR count). The number of aryl methyl sites for hydroxylation is 1. The van der Waals surface area contributed by atoms with Crippen molar-refractivity contribution in [3.8, 4) is 5.75 Å². The van der Waals surface area contributed by atoms with Crippen molar-refractivity contribution in [1.29, 1.82) is 0 Å². The summed E-state index contributed by atoms with van der Waals surface area (Å²) in [4.78, 5) is 12.8. The van der Waals surface area contributed by atoms with Crippen LogP contribution < -0.4 is 10.1 Å². The van der Waals surface area contributed by atoms with Crippen LogP contribution in [0.3, 0.4) is 0 Å². The van der Waals surface area contributed by atoms with E-state index in [0.717, 1.165) is 0 Å². The molecule has 1 aromatic heterocycles. The van der Waals surface area contributed by atoms with E-state index in [1.807, 2.05) is 48.7 Å². The van der Waals surface area contributed by atoms with Crippen molar-refractivity contribution >= 4 is 17.2 Å². The van der Waals surface area contributed by atoms with E-state index < -0.39 is 0 Å². The molecule has 0 saturated carbocycles. The third-order valence-corrected chi connectivity index (χ3v) is 3.55. The number of thiophene rings is 1. The topological polar surface area (TPSA) is 38.3 Å². The molecule has 1 aromatic carbocycles. The SMILES string of the molecule is Cc1ccsc1CNC(=O)COc1ccccc1. The smallest absolute Gasteiger partial charge is 0.258 e. The lowest BCUT2D eigenvalue weighted by molar-refractivity contribution is -0.123. The first kappa shape index (κ1) is 12.6. The Hall–Kier alpha value is -1.81. The zero-order valence-electron chi connectivity index (χ0n) is 10.2. The average molecular weight is 261 g/mol. The van der Waals surface area contributed by atoms with Gasteiger partial charge >= 0.3 is 0 Å². The highest BCUT2D eigenvalue weighted by molar-refractivity contribution is 7.10. The van der Waals surface area contributed by atoms with Crippen molar-refractivity contribution in [2.24, 2.45) is 0 Å². The van der Waals surface area contributed by atoms with Crippen molar-refractivity contribution < 1.29 is 9.53 Å². The molecule has 3 nitrogen and oxygen atoms in total. The maximum Gasteiger partial charge on any atom is 0.258 e. The second kappa shape index (κ2) is 6.21. The molecule has 4 heteroatoms. The first-order valence-electron chi connectivity index (χ1n) is 5.73. The third-order valence-electron chi connectivity index (χ3n) is 2.53. The van der Waals surface area contributed by atoms with Gasteiger partial charge in [0.2, 0.25) is 0 Å². The van der Waals surface area contributed by atoms with Crippen LogP contribution in [0.4, 0.5) is 0 Å². The van der Waals surface area contributed by atoms with Crippen molar-refractivity contribution in [1.82, 2.24) is 5.32 Å². The number of para-hydroxylation sites is 1. The van der Waals surface area contributed by atoms with Crippen LogP contribution in [0.25, 0.3) is 0 Å². The second-order valence-electron chi connectivity index (χ2n) is 3.91. The summed E-state index contributed by atoms with van der Waals surface area (Å²) in [6.45, 7) is 2.66. The molecule has 0 aliphatic carbocycles. The normalized spacial score (nSPS) is 10.1. The molecule has 0 bridgehead atoms. The minimum atomic E-state index is -0.105. The number of hydrogen-bond donors (Lipinski definition) is 1. The van der Waals surface area contributed by atoms with Crippen LogP contribution in [0.15, 0.2) is 41.8 Å². The molecule has 0 fully saturated rings. The van der Waals surface area contributed by atoms with Gasteiger partial charge in [-0.1, -0.05) is 18.2 Å². The summed E-state index contributed by atoms with van der Waals surface area (Å²) in [7, 11) is 0. The zero-order valence-corrected chi connectivity index (χ0v) is 11.0. The highest BCUT2D eigenvalue weighted by Crippen LogP contribution is 2.14. The summed E-state index contributed by atoms with van der Waals surface area (Å²) in [5.74, 6) is 0.603. The van der Waals surface area contributed by atoms with Crippen molar-refractivity contribution in [3.63, 3.8) is 0 Å². The molecule has 2 aromatic rings. The van der Waals surface area contributed by atoms with E-state index in [4.69, 9.17) is 4.74 Å². The fourth-order valence-electron chi connectivity index (χ4n) is 1.48. The maximum atomic E-state index is 11.6. The van der Waals surface area contributed by atoms with Crippen molar-refractivity contribution in [2.75, 3.05) is 6.61 Å². The quantitative estimate of drug-likeness (QED) is 0.898. The van der Waals surface area contributed by atoms with Crippen molar-refractivity contribution in [3.05, 3.63) is 52.2 Å². The monoisotopic (exact) mass is 261 g/mol. The lowest BCUT2D eigenvalue weighted by atomic mass is 10.3. The molecule has 0 saturated heterocycles. The number of benzene rings is 1. The van der Waals surface area contributed by atoms with Gasteiger partial charge in [-0.05, 0) is 36.1 Å². The first-order valence-corrected chi connectivity index (χ1v) is 6.61. The predicted octanol–water partition coefficient (Wildman–Crippen LogP) is 2.75. The molecule has 18 heavy (non-hydrogen) atoms. The Kier molecular flexibility index (Phi) is 4.36. The van der Waals surface area contributed by atoms with Crippen LogP contribution in [0.1, 0.15) is 10.4 Å². The number of rotatable bonds is 5. The van der Waals surface area contributed by atoms with E-state index in [0.29, 0.717) is 12.3 Å². The molecule has 1 N–H and O–H groups in total. The van der Waals surface area contributed by atoms with Gasteiger partial charge in [-0.25, -0.2) is 0 Å². The Bertz CT molecular complexity index is 508. The van der Waals surface area contributed by atoms with Crippen LogP contribution in [0, 0.1) is 6.92 Å². The average Bonchev–Trinajstić information content (AvgIpc) is 2.81. The number of carbonyl (C=O) groups excluding carboxylic acids is 1.